The predicted molar refractivity (Wildman–Crippen MR) is 97.3 cm³/mol. The Balaban J connectivity index is 2.17. The highest BCUT2D eigenvalue weighted by Crippen LogP contribution is 2.28. The summed E-state index contributed by atoms with van der Waals surface area (Å²) in [4.78, 5) is 25.6. The van der Waals surface area contributed by atoms with E-state index in [1.807, 2.05) is 6.92 Å². The molecule has 0 fully saturated rings. The van der Waals surface area contributed by atoms with Crippen molar-refractivity contribution < 1.29 is 28.2 Å². The molecule has 0 atom stereocenters. The van der Waals surface area contributed by atoms with E-state index in [0.717, 1.165) is 0 Å². The van der Waals surface area contributed by atoms with Gasteiger partial charge in [0.1, 0.15) is 5.82 Å². The Morgan fingerprint density at radius 1 is 1.07 bits per heavy atom. The summed E-state index contributed by atoms with van der Waals surface area (Å²) in [5, 5.41) is 0. The molecule has 0 unspecified atom stereocenters. The maximum absolute atomic E-state index is 13.4. The number of halogens is 1. The zero-order valence-electron chi connectivity index (χ0n) is 15.5. The zero-order valence-corrected chi connectivity index (χ0v) is 15.5. The van der Waals surface area contributed by atoms with E-state index < -0.39 is 5.97 Å². The zero-order chi connectivity index (χ0) is 19.8. The number of rotatable bonds is 8. The van der Waals surface area contributed by atoms with Crippen molar-refractivity contribution in [3.05, 3.63) is 59.4 Å². The second-order valence-corrected chi connectivity index (χ2v) is 5.68. The Morgan fingerprint density at radius 3 is 2.48 bits per heavy atom. The summed E-state index contributed by atoms with van der Waals surface area (Å²) >= 11 is 0. The van der Waals surface area contributed by atoms with Crippen molar-refractivity contribution in [2.45, 2.75) is 13.5 Å². The minimum atomic E-state index is -0.524. The molecule has 0 radical (unpaired) electrons. The molecule has 2 aromatic rings. The fraction of sp³-hybridized carbons (Fsp3) is 0.300. The maximum Gasteiger partial charge on any atom is 0.343 e. The van der Waals surface area contributed by atoms with Crippen molar-refractivity contribution in [3.63, 3.8) is 0 Å². The summed E-state index contributed by atoms with van der Waals surface area (Å²) in [6.07, 6.45) is 0. The molecule has 27 heavy (non-hydrogen) atoms. The fourth-order valence-corrected chi connectivity index (χ4v) is 2.48. The molecule has 0 aromatic heterocycles. The molecule has 2 aromatic carbocycles. The Labute approximate surface area is 157 Å². The first-order chi connectivity index (χ1) is 13.0. The minimum Gasteiger partial charge on any atom is -0.493 e. The molecule has 2 rings (SSSR count). The predicted octanol–water partition coefficient (Wildman–Crippen LogP) is 3.05. The molecule has 144 valence electrons. The van der Waals surface area contributed by atoms with Crippen LogP contribution in [0.4, 0.5) is 4.39 Å². The molecule has 0 aliphatic carbocycles. The van der Waals surface area contributed by atoms with Crippen molar-refractivity contribution in [3.8, 4) is 11.5 Å². The van der Waals surface area contributed by atoms with E-state index in [1.54, 1.807) is 35.2 Å². The molecule has 0 aliphatic heterocycles. The standard InChI is InChI=1S/C20H22FNO5/c1-4-22(12-14-6-5-7-16(21)10-14)20(24)15-8-9-17(18(11-15)25-2)27-13-19(23)26-3/h5-11H,4,12-13H2,1-3H3. The van der Waals surface area contributed by atoms with Gasteiger partial charge in [-0.25, -0.2) is 9.18 Å². The summed E-state index contributed by atoms with van der Waals surface area (Å²) in [5.74, 6) is -0.437. The monoisotopic (exact) mass is 375 g/mol. The van der Waals surface area contributed by atoms with Gasteiger partial charge in [-0.05, 0) is 42.8 Å². The Morgan fingerprint density at radius 2 is 1.85 bits per heavy atom. The fourth-order valence-electron chi connectivity index (χ4n) is 2.48. The average molecular weight is 375 g/mol. The number of esters is 1. The van der Waals surface area contributed by atoms with Crippen LogP contribution < -0.4 is 9.47 Å². The molecule has 0 N–H and O–H groups in total. The van der Waals surface area contributed by atoms with Gasteiger partial charge in [-0.2, -0.15) is 0 Å². The SMILES string of the molecule is CCN(Cc1cccc(F)c1)C(=O)c1ccc(OCC(=O)OC)c(OC)c1. The van der Waals surface area contributed by atoms with E-state index in [2.05, 4.69) is 4.74 Å². The minimum absolute atomic E-state index is 0.223. The van der Waals surface area contributed by atoms with Gasteiger partial charge in [0.25, 0.3) is 5.91 Å². The lowest BCUT2D eigenvalue weighted by molar-refractivity contribution is -0.142. The lowest BCUT2D eigenvalue weighted by Crippen LogP contribution is -2.30. The van der Waals surface area contributed by atoms with E-state index in [-0.39, 0.29) is 24.9 Å². The molecule has 0 spiro atoms. The highest BCUT2D eigenvalue weighted by molar-refractivity contribution is 5.95. The van der Waals surface area contributed by atoms with Gasteiger partial charge in [0.05, 0.1) is 14.2 Å². The van der Waals surface area contributed by atoms with E-state index in [1.165, 1.54) is 26.4 Å². The molecule has 0 bridgehead atoms. The molecule has 7 heteroatoms. The van der Waals surface area contributed by atoms with Crippen LogP contribution in [0.2, 0.25) is 0 Å². The van der Waals surface area contributed by atoms with Crippen LogP contribution in [0.15, 0.2) is 42.5 Å². The molecule has 0 saturated carbocycles. The second kappa shape index (κ2) is 9.56. The summed E-state index contributed by atoms with van der Waals surface area (Å²) in [6.45, 7) is 2.33. The van der Waals surface area contributed by atoms with Crippen molar-refractivity contribution in [1.82, 2.24) is 4.90 Å². The highest BCUT2D eigenvalue weighted by atomic mass is 19.1. The van der Waals surface area contributed by atoms with Gasteiger partial charge >= 0.3 is 5.97 Å². The molecule has 1 amide bonds. The van der Waals surface area contributed by atoms with Gasteiger partial charge in [0.2, 0.25) is 0 Å². The molecular weight excluding hydrogens is 353 g/mol. The average Bonchev–Trinajstić information content (AvgIpc) is 2.69. The Bertz CT molecular complexity index is 809. The Hall–Kier alpha value is -3.09. The topological polar surface area (TPSA) is 65.1 Å². The van der Waals surface area contributed by atoms with Gasteiger partial charge in [-0.15, -0.1) is 0 Å². The number of methoxy groups -OCH3 is 2. The number of benzene rings is 2. The smallest absolute Gasteiger partial charge is 0.343 e. The molecule has 0 saturated heterocycles. The van der Waals surface area contributed by atoms with Crippen LogP contribution in [0.1, 0.15) is 22.8 Å². The molecule has 0 aliphatic rings. The number of ether oxygens (including phenoxy) is 3. The lowest BCUT2D eigenvalue weighted by Gasteiger charge is -2.22. The quantitative estimate of drug-likeness (QED) is 0.664. The van der Waals surface area contributed by atoms with Gasteiger partial charge < -0.3 is 19.1 Å². The summed E-state index contributed by atoms with van der Waals surface area (Å²) in [5.41, 5.74) is 1.10. The van der Waals surface area contributed by atoms with E-state index in [4.69, 9.17) is 9.47 Å². The largest absolute Gasteiger partial charge is 0.493 e. The first-order valence-electron chi connectivity index (χ1n) is 8.39. The Kier molecular flexibility index (Phi) is 7.16. The number of hydrogen-bond donors (Lipinski definition) is 0. The molecule has 6 nitrogen and oxygen atoms in total. The van der Waals surface area contributed by atoms with Crippen LogP contribution >= 0.6 is 0 Å². The first-order valence-corrected chi connectivity index (χ1v) is 8.39. The number of nitrogens with zero attached hydrogens (tertiary/aromatic N) is 1. The highest BCUT2D eigenvalue weighted by Gasteiger charge is 2.18. The number of carbonyl (C=O) groups is 2. The van der Waals surface area contributed by atoms with Crippen LogP contribution in [-0.2, 0) is 16.1 Å². The maximum atomic E-state index is 13.4. The third kappa shape index (κ3) is 5.44. The van der Waals surface area contributed by atoms with Crippen LogP contribution in [0.25, 0.3) is 0 Å². The van der Waals surface area contributed by atoms with Gasteiger partial charge in [0, 0.05) is 18.7 Å². The molecule has 0 heterocycles. The first kappa shape index (κ1) is 20.2. The van der Waals surface area contributed by atoms with Gasteiger partial charge in [0.15, 0.2) is 18.1 Å². The van der Waals surface area contributed by atoms with Crippen LogP contribution in [-0.4, -0.2) is 44.1 Å². The van der Waals surface area contributed by atoms with Crippen LogP contribution in [0.5, 0.6) is 11.5 Å². The number of carbonyl (C=O) groups excluding carboxylic acids is 2. The lowest BCUT2D eigenvalue weighted by atomic mass is 10.1. The number of hydrogen-bond acceptors (Lipinski definition) is 5. The summed E-state index contributed by atoms with van der Waals surface area (Å²) in [7, 11) is 2.71. The normalized spacial score (nSPS) is 10.2. The summed E-state index contributed by atoms with van der Waals surface area (Å²) < 4.78 is 28.5. The van der Waals surface area contributed by atoms with E-state index >= 15 is 0 Å². The van der Waals surface area contributed by atoms with Gasteiger partial charge in [-0.3, -0.25) is 4.79 Å². The summed E-state index contributed by atoms with van der Waals surface area (Å²) in [6, 6.07) is 10.8. The van der Waals surface area contributed by atoms with Crippen molar-refractivity contribution in [2.75, 3.05) is 27.4 Å². The van der Waals surface area contributed by atoms with Crippen molar-refractivity contribution in [2.24, 2.45) is 0 Å². The van der Waals surface area contributed by atoms with Crippen molar-refractivity contribution in [1.29, 1.82) is 0 Å². The van der Waals surface area contributed by atoms with Gasteiger partial charge in [-0.1, -0.05) is 12.1 Å². The van der Waals surface area contributed by atoms with Crippen LogP contribution in [0, 0.1) is 5.82 Å². The molecular formula is C20H22FNO5. The third-order valence-electron chi connectivity index (χ3n) is 3.92. The van der Waals surface area contributed by atoms with E-state index in [0.29, 0.717) is 29.2 Å². The second-order valence-electron chi connectivity index (χ2n) is 5.68. The van der Waals surface area contributed by atoms with Crippen LogP contribution in [0.3, 0.4) is 0 Å². The van der Waals surface area contributed by atoms with E-state index in [9.17, 15) is 14.0 Å². The van der Waals surface area contributed by atoms with Crippen molar-refractivity contribution >= 4 is 11.9 Å². The number of amides is 1. The third-order valence-corrected chi connectivity index (χ3v) is 3.92.